The third kappa shape index (κ3) is 1.44. The molecule has 106 valence electrons. The number of hydrogen-bond donors (Lipinski definition) is 0. The Balaban J connectivity index is 1.79. The van der Waals surface area contributed by atoms with Gasteiger partial charge < -0.3 is 9.47 Å². The summed E-state index contributed by atoms with van der Waals surface area (Å²) in [6, 6.07) is 17.6. The van der Waals surface area contributed by atoms with Gasteiger partial charge in [0.15, 0.2) is 5.79 Å². The van der Waals surface area contributed by atoms with Crippen molar-refractivity contribution in [1.29, 1.82) is 0 Å². The van der Waals surface area contributed by atoms with E-state index in [0.29, 0.717) is 11.8 Å². The molecule has 4 aliphatic rings. The van der Waals surface area contributed by atoms with E-state index < -0.39 is 5.79 Å². The average molecular weight is 278 g/mol. The van der Waals surface area contributed by atoms with Gasteiger partial charge in [-0.05, 0) is 36.1 Å². The molecule has 2 aromatic rings. The SMILES string of the molecule is CC1(C)OC2C3c4ccccc4C(c4ccccc43)C2O1. The van der Waals surface area contributed by atoms with Gasteiger partial charge in [0.2, 0.25) is 0 Å². The Kier molecular flexibility index (Phi) is 2.14. The predicted octanol–water partition coefficient (Wildman–Crippen LogP) is 3.80. The van der Waals surface area contributed by atoms with E-state index in [9.17, 15) is 0 Å². The van der Waals surface area contributed by atoms with Crippen LogP contribution in [0.1, 0.15) is 47.9 Å². The van der Waals surface area contributed by atoms with E-state index >= 15 is 0 Å². The summed E-state index contributed by atoms with van der Waals surface area (Å²) >= 11 is 0. The van der Waals surface area contributed by atoms with Gasteiger partial charge in [-0.1, -0.05) is 48.5 Å². The normalized spacial score (nSPS) is 34.2. The fourth-order valence-electron chi connectivity index (χ4n) is 4.53. The van der Waals surface area contributed by atoms with Crippen LogP contribution in [-0.2, 0) is 9.47 Å². The lowest BCUT2D eigenvalue weighted by molar-refractivity contribution is -0.146. The molecule has 0 aromatic heterocycles. The van der Waals surface area contributed by atoms with Crippen LogP contribution in [0.25, 0.3) is 0 Å². The summed E-state index contributed by atoms with van der Waals surface area (Å²) in [6.45, 7) is 4.06. The average Bonchev–Trinajstić information content (AvgIpc) is 2.81. The Morgan fingerprint density at radius 1 is 0.667 bits per heavy atom. The minimum Gasteiger partial charge on any atom is -0.344 e. The van der Waals surface area contributed by atoms with E-state index in [-0.39, 0.29) is 12.2 Å². The monoisotopic (exact) mass is 278 g/mol. The Morgan fingerprint density at radius 2 is 1.00 bits per heavy atom. The Hall–Kier alpha value is -1.64. The van der Waals surface area contributed by atoms with Crippen molar-refractivity contribution >= 4 is 0 Å². The molecular formula is C19H18O2. The maximum absolute atomic E-state index is 6.28. The van der Waals surface area contributed by atoms with Crippen LogP contribution in [0.15, 0.2) is 48.5 Å². The van der Waals surface area contributed by atoms with E-state index in [1.165, 1.54) is 22.3 Å². The third-order valence-electron chi connectivity index (χ3n) is 5.15. The standard InChI is InChI=1S/C19H18O2/c1-19(2)20-17-15-11-7-3-4-8-12(11)16(18(17)21-19)14-10-6-5-9-13(14)15/h3-10,15-18H,1-2H3. The summed E-state index contributed by atoms with van der Waals surface area (Å²) < 4.78 is 12.6. The van der Waals surface area contributed by atoms with Gasteiger partial charge in [0, 0.05) is 11.8 Å². The molecule has 2 unspecified atom stereocenters. The van der Waals surface area contributed by atoms with Crippen molar-refractivity contribution in [3.05, 3.63) is 70.8 Å². The summed E-state index contributed by atoms with van der Waals surface area (Å²) in [4.78, 5) is 0. The first kappa shape index (κ1) is 12.0. The van der Waals surface area contributed by atoms with Crippen molar-refractivity contribution < 1.29 is 9.47 Å². The van der Waals surface area contributed by atoms with E-state index in [0.717, 1.165) is 0 Å². The van der Waals surface area contributed by atoms with E-state index in [4.69, 9.17) is 9.47 Å². The molecule has 2 atom stereocenters. The zero-order valence-electron chi connectivity index (χ0n) is 12.2. The highest BCUT2D eigenvalue weighted by Crippen LogP contribution is 2.58. The molecule has 2 aromatic carbocycles. The van der Waals surface area contributed by atoms with Crippen LogP contribution >= 0.6 is 0 Å². The first-order valence-electron chi connectivity index (χ1n) is 7.69. The quantitative estimate of drug-likeness (QED) is 0.730. The lowest BCUT2D eigenvalue weighted by Gasteiger charge is -2.46. The Morgan fingerprint density at radius 3 is 1.33 bits per heavy atom. The summed E-state index contributed by atoms with van der Waals surface area (Å²) in [5.41, 5.74) is 5.68. The molecule has 3 aliphatic carbocycles. The Labute approximate surface area is 124 Å². The molecule has 1 aliphatic heterocycles. The first-order chi connectivity index (χ1) is 10.2. The fourth-order valence-corrected chi connectivity index (χ4v) is 4.53. The van der Waals surface area contributed by atoms with Gasteiger partial charge in [0.25, 0.3) is 0 Å². The molecule has 0 N–H and O–H groups in total. The summed E-state index contributed by atoms with van der Waals surface area (Å²) in [6.07, 6.45) is 0.268. The molecule has 2 heteroatoms. The highest BCUT2D eigenvalue weighted by atomic mass is 16.8. The van der Waals surface area contributed by atoms with Crippen LogP contribution in [0.4, 0.5) is 0 Å². The van der Waals surface area contributed by atoms with E-state index in [1.54, 1.807) is 0 Å². The van der Waals surface area contributed by atoms with Crippen molar-refractivity contribution in [3.63, 3.8) is 0 Å². The summed E-state index contributed by atoms with van der Waals surface area (Å²) in [5.74, 6) is 0.110. The topological polar surface area (TPSA) is 18.5 Å². The lowest BCUT2D eigenvalue weighted by atomic mass is 9.61. The minimum atomic E-state index is -0.490. The number of hydrogen-bond acceptors (Lipinski definition) is 2. The predicted molar refractivity (Wildman–Crippen MR) is 80.4 cm³/mol. The van der Waals surface area contributed by atoms with Crippen molar-refractivity contribution in [3.8, 4) is 0 Å². The molecule has 0 spiro atoms. The third-order valence-corrected chi connectivity index (χ3v) is 5.15. The fraction of sp³-hybridized carbons (Fsp3) is 0.368. The van der Waals surface area contributed by atoms with Gasteiger partial charge in [-0.2, -0.15) is 0 Å². The highest BCUT2D eigenvalue weighted by Gasteiger charge is 2.57. The van der Waals surface area contributed by atoms with Gasteiger partial charge in [-0.15, -0.1) is 0 Å². The molecule has 1 fully saturated rings. The molecule has 21 heavy (non-hydrogen) atoms. The molecule has 0 amide bonds. The number of rotatable bonds is 0. The maximum atomic E-state index is 6.28. The van der Waals surface area contributed by atoms with Crippen LogP contribution in [0.2, 0.25) is 0 Å². The van der Waals surface area contributed by atoms with Gasteiger partial charge in [0.1, 0.15) is 0 Å². The molecule has 1 saturated heterocycles. The van der Waals surface area contributed by atoms with Crippen LogP contribution < -0.4 is 0 Å². The molecule has 2 bridgehead atoms. The van der Waals surface area contributed by atoms with Gasteiger partial charge in [0.05, 0.1) is 12.2 Å². The summed E-state index contributed by atoms with van der Waals surface area (Å²) in [5, 5.41) is 0. The van der Waals surface area contributed by atoms with Crippen LogP contribution in [0.3, 0.4) is 0 Å². The number of benzene rings is 2. The highest BCUT2D eigenvalue weighted by molar-refractivity contribution is 5.58. The smallest absolute Gasteiger partial charge is 0.163 e. The Bertz CT molecular complexity index is 626. The van der Waals surface area contributed by atoms with E-state index in [2.05, 4.69) is 48.5 Å². The first-order valence-corrected chi connectivity index (χ1v) is 7.69. The van der Waals surface area contributed by atoms with Crippen molar-refractivity contribution in [2.75, 3.05) is 0 Å². The lowest BCUT2D eigenvalue weighted by Crippen LogP contribution is -2.45. The summed E-state index contributed by atoms with van der Waals surface area (Å²) in [7, 11) is 0. The second-order valence-corrected chi connectivity index (χ2v) is 6.78. The van der Waals surface area contributed by atoms with Gasteiger partial charge >= 0.3 is 0 Å². The zero-order valence-corrected chi connectivity index (χ0v) is 12.2. The van der Waals surface area contributed by atoms with Crippen molar-refractivity contribution in [2.24, 2.45) is 0 Å². The van der Waals surface area contributed by atoms with Crippen molar-refractivity contribution in [1.82, 2.24) is 0 Å². The number of ether oxygens (including phenoxy) is 2. The second kappa shape index (κ2) is 3.76. The van der Waals surface area contributed by atoms with Crippen LogP contribution in [-0.4, -0.2) is 18.0 Å². The van der Waals surface area contributed by atoms with Crippen LogP contribution in [0, 0.1) is 0 Å². The molecular weight excluding hydrogens is 260 g/mol. The molecule has 2 nitrogen and oxygen atoms in total. The van der Waals surface area contributed by atoms with Crippen molar-refractivity contribution in [2.45, 2.75) is 43.7 Å². The van der Waals surface area contributed by atoms with Gasteiger partial charge in [-0.25, -0.2) is 0 Å². The largest absolute Gasteiger partial charge is 0.344 e. The molecule has 0 saturated carbocycles. The van der Waals surface area contributed by atoms with Crippen LogP contribution in [0.5, 0.6) is 0 Å². The minimum absolute atomic E-state index is 0.134. The molecule has 1 heterocycles. The zero-order chi connectivity index (χ0) is 14.2. The van der Waals surface area contributed by atoms with E-state index in [1.807, 2.05) is 13.8 Å². The maximum Gasteiger partial charge on any atom is 0.163 e. The molecule has 6 rings (SSSR count). The molecule has 0 radical (unpaired) electrons. The second-order valence-electron chi connectivity index (χ2n) is 6.78. The van der Waals surface area contributed by atoms with Gasteiger partial charge in [-0.3, -0.25) is 0 Å².